The highest BCUT2D eigenvalue weighted by Gasteiger charge is 2.40. The summed E-state index contributed by atoms with van der Waals surface area (Å²) in [5.74, 6) is 2.17. The molecule has 3 atom stereocenters. The molecule has 4 nitrogen and oxygen atoms in total. The normalized spacial score (nSPS) is 26.1. The zero-order valence-corrected chi connectivity index (χ0v) is 13.9. The molecule has 2 aliphatic carbocycles. The fraction of sp³-hybridized carbons (Fsp3) is 0.765. The molecule has 2 bridgehead atoms. The van der Waals surface area contributed by atoms with Crippen LogP contribution in [0.25, 0.3) is 0 Å². The Morgan fingerprint density at radius 3 is 2.75 bits per heavy atom. The van der Waals surface area contributed by atoms with Gasteiger partial charge in [0, 0.05) is 25.2 Å². The summed E-state index contributed by atoms with van der Waals surface area (Å²) in [6.45, 7) is 2.45. The minimum atomic E-state index is -4.41. The zero-order chi connectivity index (χ0) is 17.3. The number of hydrogen-bond donors (Lipinski definition) is 1. The Morgan fingerprint density at radius 1 is 1.38 bits per heavy atom. The van der Waals surface area contributed by atoms with Gasteiger partial charge in [-0.05, 0) is 56.4 Å². The van der Waals surface area contributed by atoms with Crippen LogP contribution in [0, 0.1) is 24.7 Å². The van der Waals surface area contributed by atoms with Crippen molar-refractivity contribution in [2.45, 2.75) is 58.2 Å². The van der Waals surface area contributed by atoms with E-state index < -0.39 is 11.9 Å². The highest BCUT2D eigenvalue weighted by Crippen LogP contribution is 2.49. The Labute approximate surface area is 139 Å². The number of nitrogens with zero attached hydrogens (tertiary/aromatic N) is 2. The van der Waals surface area contributed by atoms with Crippen molar-refractivity contribution in [3.8, 4) is 0 Å². The molecule has 1 aromatic heterocycles. The van der Waals surface area contributed by atoms with E-state index in [0.717, 1.165) is 17.9 Å². The van der Waals surface area contributed by atoms with Crippen molar-refractivity contribution < 1.29 is 18.0 Å². The molecule has 1 amide bonds. The molecular formula is C17H24F3N3O. The fourth-order valence-corrected chi connectivity index (χ4v) is 4.27. The molecule has 0 radical (unpaired) electrons. The van der Waals surface area contributed by atoms with Crippen LogP contribution in [0.2, 0.25) is 0 Å². The summed E-state index contributed by atoms with van der Waals surface area (Å²) in [4.78, 5) is 12.0. The number of nitrogens with one attached hydrogen (secondary N) is 1. The Morgan fingerprint density at radius 2 is 2.17 bits per heavy atom. The minimum Gasteiger partial charge on any atom is -0.356 e. The summed E-state index contributed by atoms with van der Waals surface area (Å²) < 4.78 is 39.2. The number of fused-ring (bicyclic) bond motifs is 2. The van der Waals surface area contributed by atoms with E-state index in [9.17, 15) is 18.0 Å². The summed E-state index contributed by atoms with van der Waals surface area (Å²) in [6, 6.07) is 1.05. The molecule has 2 fully saturated rings. The third-order valence-electron chi connectivity index (χ3n) is 5.47. The Bertz CT molecular complexity index is 596. The third kappa shape index (κ3) is 3.92. The number of amides is 1. The molecule has 1 N–H and O–H groups in total. The van der Waals surface area contributed by atoms with E-state index in [4.69, 9.17) is 0 Å². The second-order valence-electron chi connectivity index (χ2n) is 7.23. The molecule has 2 aliphatic rings. The maximum absolute atomic E-state index is 12.6. The molecule has 7 heteroatoms. The van der Waals surface area contributed by atoms with Crippen LogP contribution in [0.4, 0.5) is 13.2 Å². The predicted molar refractivity (Wildman–Crippen MR) is 83.1 cm³/mol. The van der Waals surface area contributed by atoms with Crippen LogP contribution in [-0.4, -0.2) is 22.2 Å². The van der Waals surface area contributed by atoms with Crippen molar-refractivity contribution in [1.82, 2.24) is 15.1 Å². The van der Waals surface area contributed by atoms with Gasteiger partial charge in [-0.2, -0.15) is 18.3 Å². The predicted octanol–water partition coefficient (Wildman–Crippen LogP) is 3.54. The number of halogens is 3. The molecule has 0 saturated heterocycles. The van der Waals surface area contributed by atoms with Gasteiger partial charge in [0.2, 0.25) is 5.91 Å². The lowest BCUT2D eigenvalue weighted by Gasteiger charge is -2.20. The molecule has 0 spiro atoms. The van der Waals surface area contributed by atoms with Crippen molar-refractivity contribution in [2.75, 3.05) is 6.54 Å². The SMILES string of the molecule is Cc1cc(C(F)(F)F)nn1CCCNC(=O)CC1CC2CCC1C2. The van der Waals surface area contributed by atoms with Crippen molar-refractivity contribution in [1.29, 1.82) is 0 Å². The molecule has 24 heavy (non-hydrogen) atoms. The van der Waals surface area contributed by atoms with Gasteiger partial charge in [0.25, 0.3) is 0 Å². The molecule has 3 unspecified atom stereocenters. The average molecular weight is 343 g/mol. The molecular weight excluding hydrogens is 319 g/mol. The van der Waals surface area contributed by atoms with Gasteiger partial charge in [0.15, 0.2) is 5.69 Å². The molecule has 2 saturated carbocycles. The van der Waals surface area contributed by atoms with E-state index in [1.165, 1.54) is 30.4 Å². The Kier molecular flexibility index (Phi) is 4.88. The zero-order valence-electron chi connectivity index (χ0n) is 13.9. The lowest BCUT2D eigenvalue weighted by Crippen LogP contribution is -2.28. The van der Waals surface area contributed by atoms with E-state index in [0.29, 0.717) is 37.5 Å². The highest BCUT2D eigenvalue weighted by molar-refractivity contribution is 5.76. The van der Waals surface area contributed by atoms with Crippen LogP contribution >= 0.6 is 0 Å². The van der Waals surface area contributed by atoms with Crippen LogP contribution in [-0.2, 0) is 17.5 Å². The molecule has 3 rings (SSSR count). The number of carbonyl (C=O) groups excluding carboxylic acids is 1. The van der Waals surface area contributed by atoms with E-state index in [1.54, 1.807) is 6.92 Å². The topological polar surface area (TPSA) is 46.9 Å². The van der Waals surface area contributed by atoms with Gasteiger partial charge < -0.3 is 5.32 Å². The molecule has 134 valence electrons. The number of rotatable bonds is 6. The number of aryl methyl sites for hydroxylation is 2. The lowest BCUT2D eigenvalue weighted by molar-refractivity contribution is -0.141. The van der Waals surface area contributed by atoms with Crippen LogP contribution in [0.15, 0.2) is 6.07 Å². The molecule has 0 aromatic carbocycles. The highest BCUT2D eigenvalue weighted by atomic mass is 19.4. The first-order valence-electron chi connectivity index (χ1n) is 8.71. The van der Waals surface area contributed by atoms with E-state index >= 15 is 0 Å². The Hall–Kier alpha value is -1.53. The largest absolute Gasteiger partial charge is 0.435 e. The summed E-state index contributed by atoms with van der Waals surface area (Å²) in [6.07, 6.45) is 1.82. The van der Waals surface area contributed by atoms with Crippen molar-refractivity contribution >= 4 is 5.91 Å². The maximum Gasteiger partial charge on any atom is 0.435 e. The quantitative estimate of drug-likeness (QED) is 0.803. The first kappa shape index (κ1) is 17.3. The van der Waals surface area contributed by atoms with Crippen LogP contribution in [0.1, 0.15) is 49.9 Å². The van der Waals surface area contributed by atoms with E-state index in [2.05, 4.69) is 10.4 Å². The van der Waals surface area contributed by atoms with E-state index in [-0.39, 0.29) is 5.91 Å². The molecule has 1 aromatic rings. The van der Waals surface area contributed by atoms with E-state index in [1.807, 2.05) is 0 Å². The number of alkyl halides is 3. The van der Waals surface area contributed by atoms with Crippen molar-refractivity contribution in [2.24, 2.45) is 17.8 Å². The summed E-state index contributed by atoms with van der Waals surface area (Å²) in [5.41, 5.74) is -0.379. The summed E-state index contributed by atoms with van der Waals surface area (Å²) in [5, 5.41) is 6.48. The van der Waals surface area contributed by atoms with Crippen molar-refractivity contribution in [3.05, 3.63) is 17.5 Å². The summed E-state index contributed by atoms with van der Waals surface area (Å²) >= 11 is 0. The number of aromatic nitrogens is 2. The van der Waals surface area contributed by atoms with Gasteiger partial charge in [0.1, 0.15) is 0 Å². The van der Waals surface area contributed by atoms with Crippen LogP contribution in [0.3, 0.4) is 0 Å². The second-order valence-corrected chi connectivity index (χ2v) is 7.23. The fourth-order valence-electron chi connectivity index (χ4n) is 4.27. The van der Waals surface area contributed by atoms with Gasteiger partial charge in [-0.25, -0.2) is 0 Å². The monoisotopic (exact) mass is 343 g/mol. The number of hydrogen-bond acceptors (Lipinski definition) is 2. The Balaban J connectivity index is 1.38. The third-order valence-corrected chi connectivity index (χ3v) is 5.47. The van der Waals surface area contributed by atoms with Crippen molar-refractivity contribution in [3.63, 3.8) is 0 Å². The van der Waals surface area contributed by atoms with Gasteiger partial charge in [0.05, 0.1) is 0 Å². The van der Waals surface area contributed by atoms with Gasteiger partial charge >= 0.3 is 6.18 Å². The minimum absolute atomic E-state index is 0.0701. The van der Waals surface area contributed by atoms with Crippen LogP contribution < -0.4 is 5.32 Å². The lowest BCUT2D eigenvalue weighted by atomic mass is 9.86. The average Bonchev–Trinajstić information content (AvgIpc) is 3.18. The van der Waals surface area contributed by atoms with Gasteiger partial charge in [-0.1, -0.05) is 6.42 Å². The summed E-state index contributed by atoms with van der Waals surface area (Å²) in [7, 11) is 0. The first-order valence-corrected chi connectivity index (χ1v) is 8.71. The molecule has 1 heterocycles. The smallest absolute Gasteiger partial charge is 0.356 e. The maximum atomic E-state index is 12.6. The first-order chi connectivity index (χ1) is 11.3. The van der Waals surface area contributed by atoms with Gasteiger partial charge in [-0.15, -0.1) is 0 Å². The second kappa shape index (κ2) is 6.76. The standard InChI is InChI=1S/C17H24F3N3O/c1-11-7-15(17(18,19)20)22-23(11)6-2-5-21-16(24)10-14-9-12-3-4-13(14)8-12/h7,12-14H,2-6,8-10H2,1H3,(H,21,24). The van der Waals surface area contributed by atoms with Crippen LogP contribution in [0.5, 0.6) is 0 Å². The van der Waals surface area contributed by atoms with Gasteiger partial charge in [-0.3, -0.25) is 9.48 Å². The number of carbonyl (C=O) groups is 1. The molecule has 0 aliphatic heterocycles.